The van der Waals surface area contributed by atoms with Gasteiger partial charge in [0.15, 0.2) is 0 Å². The van der Waals surface area contributed by atoms with Crippen LogP contribution in [0, 0.1) is 0 Å². The molecule has 3 aliphatic rings. The minimum Gasteiger partial charge on any atom is -0.342 e. The van der Waals surface area contributed by atoms with Crippen LogP contribution in [0.1, 0.15) is 78.1 Å². The van der Waals surface area contributed by atoms with Crippen molar-refractivity contribution >= 4 is 11.8 Å². The molecule has 0 aromatic heterocycles. The summed E-state index contributed by atoms with van der Waals surface area (Å²) in [4.78, 5) is 34.9. The zero-order valence-corrected chi connectivity index (χ0v) is 19.5. The van der Waals surface area contributed by atoms with Crippen molar-refractivity contribution in [1.29, 1.82) is 0 Å². The summed E-state index contributed by atoms with van der Waals surface area (Å²) in [5, 5.41) is 0. The number of likely N-dealkylation sites (N-methyl/N-ethyl adjacent to an activating group) is 2. The van der Waals surface area contributed by atoms with Gasteiger partial charge in [0.05, 0.1) is 13.1 Å². The fourth-order valence-electron chi connectivity index (χ4n) is 5.70. The molecule has 0 spiro atoms. The van der Waals surface area contributed by atoms with Gasteiger partial charge in [-0.1, -0.05) is 26.7 Å². The first kappa shape index (κ1) is 23.5. The van der Waals surface area contributed by atoms with Crippen molar-refractivity contribution in [3.63, 3.8) is 0 Å². The lowest BCUT2D eigenvalue weighted by Crippen LogP contribution is -2.57. The summed E-state index contributed by atoms with van der Waals surface area (Å²) in [7, 11) is 0. The standard InChI is InChI=1S/C24H44N4O2/c1-3-25(19-23(29)27-15-9-5-10-16-27)21-13-7-8-14-22(21)26(4-2)20-24(30)28-17-11-6-12-18-28/h21-22H,3-20H2,1-2H3. The van der Waals surface area contributed by atoms with Gasteiger partial charge in [-0.3, -0.25) is 19.4 Å². The highest BCUT2D eigenvalue weighted by molar-refractivity contribution is 5.79. The second-order valence-electron chi connectivity index (χ2n) is 9.43. The minimum atomic E-state index is 0.299. The van der Waals surface area contributed by atoms with Gasteiger partial charge < -0.3 is 9.80 Å². The van der Waals surface area contributed by atoms with E-state index in [1.165, 1.54) is 25.7 Å². The first-order chi connectivity index (χ1) is 14.6. The van der Waals surface area contributed by atoms with E-state index in [0.717, 1.165) is 77.8 Å². The molecule has 2 aliphatic heterocycles. The van der Waals surface area contributed by atoms with Gasteiger partial charge >= 0.3 is 0 Å². The molecule has 6 heteroatoms. The molecule has 0 bridgehead atoms. The van der Waals surface area contributed by atoms with Gasteiger partial charge in [-0.15, -0.1) is 0 Å². The van der Waals surface area contributed by atoms with Crippen LogP contribution in [-0.4, -0.2) is 95.9 Å². The van der Waals surface area contributed by atoms with E-state index >= 15 is 0 Å². The molecular weight excluding hydrogens is 376 g/mol. The van der Waals surface area contributed by atoms with Gasteiger partial charge in [0.2, 0.25) is 11.8 Å². The molecule has 2 atom stereocenters. The summed E-state index contributed by atoms with van der Waals surface area (Å²) < 4.78 is 0. The van der Waals surface area contributed by atoms with Crippen LogP contribution in [0.15, 0.2) is 0 Å². The van der Waals surface area contributed by atoms with Crippen LogP contribution in [0.3, 0.4) is 0 Å². The smallest absolute Gasteiger partial charge is 0.236 e. The maximum Gasteiger partial charge on any atom is 0.236 e. The molecule has 3 fully saturated rings. The van der Waals surface area contributed by atoms with Crippen LogP contribution >= 0.6 is 0 Å². The van der Waals surface area contributed by atoms with Crippen molar-refractivity contribution < 1.29 is 9.59 Å². The fourth-order valence-corrected chi connectivity index (χ4v) is 5.70. The Hall–Kier alpha value is -1.14. The van der Waals surface area contributed by atoms with E-state index in [2.05, 4.69) is 33.4 Å². The second kappa shape index (κ2) is 12.0. The first-order valence-corrected chi connectivity index (χ1v) is 12.7. The minimum absolute atomic E-state index is 0.299. The van der Waals surface area contributed by atoms with E-state index < -0.39 is 0 Å². The topological polar surface area (TPSA) is 47.1 Å². The van der Waals surface area contributed by atoms with E-state index in [-0.39, 0.29) is 0 Å². The Balaban J connectivity index is 1.63. The predicted molar refractivity (Wildman–Crippen MR) is 121 cm³/mol. The Kier molecular flexibility index (Phi) is 9.44. The third-order valence-electron chi connectivity index (χ3n) is 7.54. The van der Waals surface area contributed by atoms with Crippen LogP contribution in [0.25, 0.3) is 0 Å². The Labute approximate surface area is 183 Å². The third kappa shape index (κ3) is 6.19. The van der Waals surface area contributed by atoms with Crippen molar-refractivity contribution in [3.05, 3.63) is 0 Å². The van der Waals surface area contributed by atoms with E-state index in [9.17, 15) is 9.59 Å². The second-order valence-corrected chi connectivity index (χ2v) is 9.43. The normalized spacial score (nSPS) is 25.7. The number of amides is 2. The van der Waals surface area contributed by atoms with Crippen LogP contribution in [0.4, 0.5) is 0 Å². The van der Waals surface area contributed by atoms with Gasteiger partial charge in [-0.05, 0) is 64.5 Å². The Morgan fingerprint density at radius 1 is 0.633 bits per heavy atom. The average molecular weight is 421 g/mol. The SMILES string of the molecule is CCN(CC(=O)N1CCCCC1)C1CCCCC1N(CC)CC(=O)N1CCCCC1. The third-order valence-corrected chi connectivity index (χ3v) is 7.54. The molecule has 2 heterocycles. The Morgan fingerprint density at radius 3 is 1.33 bits per heavy atom. The van der Waals surface area contributed by atoms with Gasteiger partial charge in [0.25, 0.3) is 0 Å². The number of rotatable bonds is 8. The average Bonchev–Trinajstić information content (AvgIpc) is 2.82. The van der Waals surface area contributed by atoms with Crippen molar-refractivity contribution in [2.75, 3.05) is 52.4 Å². The molecule has 2 unspecified atom stereocenters. The molecule has 1 saturated carbocycles. The fraction of sp³-hybridized carbons (Fsp3) is 0.917. The molecule has 1 aliphatic carbocycles. The molecular formula is C24H44N4O2. The van der Waals surface area contributed by atoms with Crippen molar-refractivity contribution in [1.82, 2.24) is 19.6 Å². The Morgan fingerprint density at radius 2 is 1.00 bits per heavy atom. The monoisotopic (exact) mass is 420 g/mol. The summed E-state index contributed by atoms with van der Waals surface area (Å²) in [5.74, 6) is 0.599. The van der Waals surface area contributed by atoms with Gasteiger partial charge in [-0.25, -0.2) is 0 Å². The van der Waals surface area contributed by atoms with E-state index in [0.29, 0.717) is 37.0 Å². The summed E-state index contributed by atoms with van der Waals surface area (Å²) in [5.41, 5.74) is 0. The molecule has 30 heavy (non-hydrogen) atoms. The van der Waals surface area contributed by atoms with E-state index in [1.807, 2.05) is 0 Å². The number of piperidine rings is 2. The lowest BCUT2D eigenvalue weighted by Gasteiger charge is -2.45. The largest absolute Gasteiger partial charge is 0.342 e. The summed E-state index contributed by atoms with van der Waals surface area (Å²) >= 11 is 0. The highest BCUT2D eigenvalue weighted by Gasteiger charge is 2.35. The number of carbonyl (C=O) groups excluding carboxylic acids is 2. The lowest BCUT2D eigenvalue weighted by atomic mass is 9.87. The molecule has 172 valence electrons. The zero-order valence-electron chi connectivity index (χ0n) is 19.5. The number of carbonyl (C=O) groups is 2. The highest BCUT2D eigenvalue weighted by Crippen LogP contribution is 2.28. The van der Waals surface area contributed by atoms with E-state index in [4.69, 9.17) is 0 Å². The van der Waals surface area contributed by atoms with Crippen molar-refractivity contribution in [3.8, 4) is 0 Å². The molecule has 0 radical (unpaired) electrons. The maximum absolute atomic E-state index is 13.0. The molecule has 0 aromatic rings. The summed E-state index contributed by atoms with van der Waals surface area (Å²) in [6.45, 7) is 11.0. The number of likely N-dealkylation sites (tertiary alicyclic amines) is 2. The zero-order chi connectivity index (χ0) is 21.3. The molecule has 3 rings (SSSR count). The summed E-state index contributed by atoms with van der Waals surface area (Å²) in [6.07, 6.45) is 11.8. The quantitative estimate of drug-likeness (QED) is 0.606. The number of hydrogen-bond donors (Lipinski definition) is 0. The van der Waals surface area contributed by atoms with Crippen molar-refractivity contribution in [2.24, 2.45) is 0 Å². The Bertz CT molecular complexity index is 495. The molecule has 0 N–H and O–H groups in total. The van der Waals surface area contributed by atoms with Crippen LogP contribution in [-0.2, 0) is 9.59 Å². The van der Waals surface area contributed by atoms with Crippen LogP contribution < -0.4 is 0 Å². The van der Waals surface area contributed by atoms with Crippen LogP contribution in [0.2, 0.25) is 0 Å². The molecule has 0 aromatic carbocycles. The van der Waals surface area contributed by atoms with Gasteiger partial charge in [0.1, 0.15) is 0 Å². The molecule has 2 saturated heterocycles. The van der Waals surface area contributed by atoms with Crippen molar-refractivity contribution in [2.45, 2.75) is 90.1 Å². The predicted octanol–water partition coefficient (Wildman–Crippen LogP) is 2.97. The van der Waals surface area contributed by atoms with Crippen LogP contribution in [0.5, 0.6) is 0 Å². The number of nitrogens with zero attached hydrogens (tertiary/aromatic N) is 4. The molecule has 6 nitrogen and oxygen atoms in total. The molecule has 2 amide bonds. The summed E-state index contributed by atoms with van der Waals surface area (Å²) in [6, 6.07) is 0.762. The van der Waals surface area contributed by atoms with Gasteiger partial charge in [0, 0.05) is 38.3 Å². The maximum atomic E-state index is 13.0. The lowest BCUT2D eigenvalue weighted by molar-refractivity contribution is -0.137. The van der Waals surface area contributed by atoms with Gasteiger partial charge in [-0.2, -0.15) is 0 Å². The van der Waals surface area contributed by atoms with E-state index in [1.54, 1.807) is 0 Å². The number of hydrogen-bond acceptors (Lipinski definition) is 4. The highest BCUT2D eigenvalue weighted by atomic mass is 16.2. The first-order valence-electron chi connectivity index (χ1n) is 12.7.